The zero-order valence-corrected chi connectivity index (χ0v) is 11.8. The van der Waals surface area contributed by atoms with Gasteiger partial charge in [0, 0.05) is 17.8 Å². The van der Waals surface area contributed by atoms with Crippen molar-refractivity contribution in [3.05, 3.63) is 51.3 Å². The van der Waals surface area contributed by atoms with Gasteiger partial charge in [0.05, 0.1) is 10.6 Å². The Kier molecular flexibility index (Phi) is 3.85. The molecule has 1 atom stereocenters. The van der Waals surface area contributed by atoms with Crippen LogP contribution in [0.3, 0.4) is 0 Å². The van der Waals surface area contributed by atoms with Crippen LogP contribution >= 0.6 is 0 Å². The van der Waals surface area contributed by atoms with Gasteiger partial charge in [-0.15, -0.1) is 0 Å². The van der Waals surface area contributed by atoms with Crippen molar-refractivity contribution in [2.24, 2.45) is 5.73 Å². The van der Waals surface area contributed by atoms with Crippen LogP contribution in [0.2, 0.25) is 0 Å². The molecule has 0 saturated heterocycles. The zero-order chi connectivity index (χ0) is 14.9. The molecule has 0 radical (unpaired) electrons. The smallest absolute Gasteiger partial charge is 0.294 e. The Morgan fingerprint density at radius 2 is 2.05 bits per heavy atom. The maximum absolute atomic E-state index is 11.1. The highest BCUT2D eigenvalue weighted by Crippen LogP contribution is 2.25. The first-order valence-corrected chi connectivity index (χ1v) is 6.46. The third-order valence-electron chi connectivity index (χ3n) is 3.27. The summed E-state index contributed by atoms with van der Waals surface area (Å²) in [5.74, 6) is 0. The van der Waals surface area contributed by atoms with E-state index in [1.807, 2.05) is 20.8 Å². The van der Waals surface area contributed by atoms with E-state index in [-0.39, 0.29) is 11.7 Å². The molecule has 0 bridgehead atoms. The molecule has 106 valence electrons. The van der Waals surface area contributed by atoms with Crippen LogP contribution in [0.5, 0.6) is 0 Å². The predicted molar refractivity (Wildman–Crippen MR) is 77.0 cm³/mol. The minimum atomic E-state index is -0.392. The normalized spacial score (nSPS) is 12.4. The predicted octanol–water partition coefficient (Wildman–Crippen LogP) is 2.29. The van der Waals surface area contributed by atoms with Crippen LogP contribution in [0, 0.1) is 24.0 Å². The van der Waals surface area contributed by atoms with Crippen molar-refractivity contribution in [3.8, 4) is 5.69 Å². The second kappa shape index (κ2) is 5.42. The van der Waals surface area contributed by atoms with Crippen LogP contribution in [-0.2, 0) is 6.42 Å². The molecular weight excluding hydrogens is 256 g/mol. The van der Waals surface area contributed by atoms with Gasteiger partial charge in [0.15, 0.2) is 0 Å². The van der Waals surface area contributed by atoms with Gasteiger partial charge in [-0.25, -0.2) is 4.68 Å². The number of aromatic nitrogens is 2. The van der Waals surface area contributed by atoms with Gasteiger partial charge >= 0.3 is 0 Å². The number of para-hydroxylation sites is 2. The van der Waals surface area contributed by atoms with Crippen LogP contribution < -0.4 is 5.73 Å². The number of hydrogen-bond donors (Lipinski definition) is 1. The molecule has 0 fully saturated rings. The van der Waals surface area contributed by atoms with E-state index in [0.717, 1.165) is 17.0 Å². The lowest BCUT2D eigenvalue weighted by Crippen LogP contribution is -2.18. The summed E-state index contributed by atoms with van der Waals surface area (Å²) in [4.78, 5) is 10.7. The number of hydrogen-bond acceptors (Lipinski definition) is 4. The number of nitro groups is 1. The molecule has 0 spiro atoms. The average molecular weight is 274 g/mol. The van der Waals surface area contributed by atoms with E-state index < -0.39 is 4.92 Å². The Balaban J connectivity index is 2.57. The Morgan fingerprint density at radius 3 is 2.65 bits per heavy atom. The van der Waals surface area contributed by atoms with Crippen molar-refractivity contribution in [1.82, 2.24) is 9.78 Å². The maximum atomic E-state index is 11.1. The SMILES string of the molecule is Cc1nn(-c2ccccc2[N+](=O)[O-])c(C)c1CC(C)N. The van der Waals surface area contributed by atoms with Gasteiger partial charge in [-0.05, 0) is 38.8 Å². The van der Waals surface area contributed by atoms with E-state index in [2.05, 4.69) is 5.10 Å². The van der Waals surface area contributed by atoms with Gasteiger partial charge in [0.1, 0.15) is 5.69 Å². The number of nitrogens with zero attached hydrogens (tertiary/aromatic N) is 3. The molecule has 6 heteroatoms. The summed E-state index contributed by atoms with van der Waals surface area (Å²) in [5.41, 5.74) is 9.18. The summed E-state index contributed by atoms with van der Waals surface area (Å²) in [6.45, 7) is 5.74. The highest BCUT2D eigenvalue weighted by atomic mass is 16.6. The van der Waals surface area contributed by atoms with Gasteiger partial charge in [-0.1, -0.05) is 12.1 Å². The summed E-state index contributed by atoms with van der Waals surface area (Å²) in [5, 5.41) is 15.6. The number of nitro benzene ring substituents is 1. The van der Waals surface area contributed by atoms with Crippen molar-refractivity contribution in [1.29, 1.82) is 0 Å². The number of aryl methyl sites for hydroxylation is 1. The van der Waals surface area contributed by atoms with E-state index in [0.29, 0.717) is 12.1 Å². The second-order valence-corrected chi connectivity index (χ2v) is 4.99. The Bertz CT molecular complexity index is 647. The topological polar surface area (TPSA) is 87.0 Å². The average Bonchev–Trinajstić information content (AvgIpc) is 2.66. The minimum Gasteiger partial charge on any atom is -0.328 e. The molecule has 1 aromatic carbocycles. The van der Waals surface area contributed by atoms with Crippen LogP contribution in [0.4, 0.5) is 5.69 Å². The van der Waals surface area contributed by atoms with Gasteiger partial charge in [-0.3, -0.25) is 10.1 Å². The number of benzene rings is 1. The standard InChI is InChI=1S/C14H18N4O2/c1-9(15)8-12-10(2)16-17(11(12)3)13-6-4-5-7-14(13)18(19)20/h4-7,9H,8,15H2,1-3H3. The molecule has 0 saturated carbocycles. The Labute approximate surface area is 117 Å². The first-order chi connectivity index (χ1) is 9.41. The molecule has 0 amide bonds. The first-order valence-electron chi connectivity index (χ1n) is 6.46. The number of nitrogens with two attached hydrogens (primary N) is 1. The maximum Gasteiger partial charge on any atom is 0.294 e. The zero-order valence-electron chi connectivity index (χ0n) is 11.8. The number of rotatable bonds is 4. The molecule has 1 aromatic heterocycles. The fourth-order valence-electron chi connectivity index (χ4n) is 2.32. The molecule has 6 nitrogen and oxygen atoms in total. The molecule has 2 rings (SSSR count). The molecule has 1 heterocycles. The molecule has 0 aliphatic rings. The van der Waals surface area contributed by atoms with Gasteiger partial charge in [0.25, 0.3) is 5.69 Å². The lowest BCUT2D eigenvalue weighted by Gasteiger charge is -2.07. The third-order valence-corrected chi connectivity index (χ3v) is 3.27. The summed E-state index contributed by atoms with van der Waals surface area (Å²) >= 11 is 0. The van der Waals surface area contributed by atoms with E-state index in [1.165, 1.54) is 6.07 Å². The van der Waals surface area contributed by atoms with E-state index in [1.54, 1.807) is 22.9 Å². The van der Waals surface area contributed by atoms with Crippen LogP contribution in [0.15, 0.2) is 24.3 Å². The highest BCUT2D eigenvalue weighted by molar-refractivity contribution is 5.53. The Morgan fingerprint density at radius 1 is 1.40 bits per heavy atom. The quantitative estimate of drug-likeness (QED) is 0.684. The third kappa shape index (κ3) is 2.55. The van der Waals surface area contributed by atoms with Crippen molar-refractivity contribution >= 4 is 5.69 Å². The molecule has 2 aromatic rings. The van der Waals surface area contributed by atoms with Gasteiger partial charge in [-0.2, -0.15) is 5.10 Å². The van der Waals surface area contributed by atoms with Crippen molar-refractivity contribution in [2.45, 2.75) is 33.2 Å². The van der Waals surface area contributed by atoms with Crippen LogP contribution in [-0.4, -0.2) is 20.7 Å². The molecular formula is C14H18N4O2. The Hall–Kier alpha value is -2.21. The van der Waals surface area contributed by atoms with Crippen molar-refractivity contribution in [3.63, 3.8) is 0 Å². The van der Waals surface area contributed by atoms with E-state index in [9.17, 15) is 10.1 Å². The summed E-state index contributed by atoms with van der Waals surface area (Å²) in [7, 11) is 0. The lowest BCUT2D eigenvalue weighted by molar-refractivity contribution is -0.384. The van der Waals surface area contributed by atoms with Crippen molar-refractivity contribution < 1.29 is 4.92 Å². The van der Waals surface area contributed by atoms with Crippen molar-refractivity contribution in [2.75, 3.05) is 0 Å². The molecule has 0 aliphatic heterocycles. The summed E-state index contributed by atoms with van der Waals surface area (Å²) < 4.78 is 1.63. The molecule has 2 N–H and O–H groups in total. The highest BCUT2D eigenvalue weighted by Gasteiger charge is 2.20. The van der Waals surface area contributed by atoms with E-state index >= 15 is 0 Å². The minimum absolute atomic E-state index is 0.0239. The van der Waals surface area contributed by atoms with Crippen LogP contribution in [0.25, 0.3) is 5.69 Å². The van der Waals surface area contributed by atoms with Gasteiger partial charge < -0.3 is 5.73 Å². The monoisotopic (exact) mass is 274 g/mol. The fraction of sp³-hybridized carbons (Fsp3) is 0.357. The second-order valence-electron chi connectivity index (χ2n) is 4.99. The van der Waals surface area contributed by atoms with Crippen LogP contribution in [0.1, 0.15) is 23.9 Å². The summed E-state index contributed by atoms with van der Waals surface area (Å²) in [6.07, 6.45) is 0.707. The molecule has 20 heavy (non-hydrogen) atoms. The summed E-state index contributed by atoms with van der Waals surface area (Å²) in [6, 6.07) is 6.63. The first kappa shape index (κ1) is 14.2. The van der Waals surface area contributed by atoms with E-state index in [4.69, 9.17) is 5.73 Å². The van der Waals surface area contributed by atoms with Gasteiger partial charge in [0.2, 0.25) is 0 Å². The molecule has 1 unspecified atom stereocenters. The largest absolute Gasteiger partial charge is 0.328 e. The molecule has 0 aliphatic carbocycles. The lowest BCUT2D eigenvalue weighted by atomic mass is 10.1. The fourth-order valence-corrected chi connectivity index (χ4v) is 2.32.